The van der Waals surface area contributed by atoms with Crippen molar-refractivity contribution in [2.75, 3.05) is 7.11 Å². The number of carbonyl (C=O) groups excluding carboxylic acids is 2. The Bertz CT molecular complexity index is 1490. The molecule has 2 N–H and O–H groups in total. The Morgan fingerprint density at radius 1 is 0.848 bits per heavy atom. The van der Waals surface area contributed by atoms with Crippen molar-refractivity contribution in [3.63, 3.8) is 0 Å². The molecule has 33 heavy (non-hydrogen) atoms. The Hall–Kier alpha value is -3.06. The molecule has 166 valence electrons. The predicted molar refractivity (Wildman–Crippen MR) is 137 cm³/mol. The van der Waals surface area contributed by atoms with Crippen LogP contribution >= 0.6 is 39.1 Å². The summed E-state index contributed by atoms with van der Waals surface area (Å²) in [5, 5.41) is 3.00. The van der Waals surface area contributed by atoms with Crippen molar-refractivity contribution in [2.45, 2.75) is 0 Å². The number of benzene rings is 3. The van der Waals surface area contributed by atoms with Crippen molar-refractivity contribution in [3.8, 4) is 16.9 Å². The predicted octanol–water partition coefficient (Wildman–Crippen LogP) is 7.71. The van der Waals surface area contributed by atoms with Gasteiger partial charge in [-0.1, -0.05) is 35.3 Å². The van der Waals surface area contributed by atoms with E-state index in [1.54, 1.807) is 25.6 Å². The molecule has 0 aliphatic carbocycles. The summed E-state index contributed by atoms with van der Waals surface area (Å²) in [6.07, 6.45) is 5.01. The number of nitrogens with one attached hydrogen (secondary N) is 2. The van der Waals surface area contributed by atoms with Crippen LogP contribution in [-0.2, 0) is 0 Å². The van der Waals surface area contributed by atoms with Crippen LogP contribution in [0.15, 0.2) is 65.4 Å². The molecule has 5 nitrogen and oxygen atoms in total. The number of H-pyrrole nitrogens is 2. The molecule has 8 heteroatoms. The maximum Gasteiger partial charge on any atom is 0.152 e. The van der Waals surface area contributed by atoms with Gasteiger partial charge in [0.1, 0.15) is 5.75 Å². The van der Waals surface area contributed by atoms with Gasteiger partial charge in [-0.25, -0.2) is 0 Å². The topological polar surface area (TPSA) is 75.0 Å². The third kappa shape index (κ3) is 4.69. The van der Waals surface area contributed by atoms with Crippen molar-refractivity contribution >= 4 is 73.5 Å². The van der Waals surface area contributed by atoms with Crippen LogP contribution in [0.5, 0.6) is 5.75 Å². The number of aromatic nitrogens is 2. The van der Waals surface area contributed by atoms with Gasteiger partial charge < -0.3 is 14.7 Å². The van der Waals surface area contributed by atoms with Gasteiger partial charge in [0, 0.05) is 55.4 Å². The molecule has 0 atom stereocenters. The fraction of sp³-hybridized carbons (Fsp3) is 0.0400. The first kappa shape index (κ1) is 23.1. The van der Waals surface area contributed by atoms with Crippen LogP contribution in [-0.4, -0.2) is 29.7 Å². The summed E-state index contributed by atoms with van der Waals surface area (Å²) in [5.74, 6) is 0.767. The molecule has 0 spiro atoms. The second-order valence-corrected chi connectivity index (χ2v) is 8.81. The minimum Gasteiger partial charge on any atom is -0.497 e. The number of hydrogen-bond donors (Lipinski definition) is 2. The Kier molecular flexibility index (Phi) is 6.88. The molecule has 0 aliphatic rings. The number of carbonyl (C=O) groups is 2. The Labute approximate surface area is 207 Å². The summed E-state index contributed by atoms with van der Waals surface area (Å²) >= 11 is 15.5. The van der Waals surface area contributed by atoms with Gasteiger partial charge in [-0.2, -0.15) is 0 Å². The fourth-order valence-corrected chi connectivity index (χ4v) is 4.29. The lowest BCUT2D eigenvalue weighted by atomic mass is 10.0. The third-order valence-corrected chi connectivity index (χ3v) is 6.70. The average Bonchev–Trinajstić information content (AvgIpc) is 3.42. The van der Waals surface area contributed by atoms with Gasteiger partial charge in [0.25, 0.3) is 0 Å². The van der Waals surface area contributed by atoms with E-state index >= 15 is 0 Å². The first-order valence-corrected chi connectivity index (χ1v) is 11.3. The molecule has 2 aromatic heterocycles. The quantitative estimate of drug-likeness (QED) is 0.228. The normalized spacial score (nSPS) is 10.7. The van der Waals surface area contributed by atoms with Crippen LogP contribution in [0.2, 0.25) is 10.0 Å². The van der Waals surface area contributed by atoms with E-state index in [-0.39, 0.29) is 0 Å². The number of ether oxygens (including phenoxy) is 1. The third-order valence-electron chi connectivity index (χ3n) is 5.19. The number of methoxy groups -OCH3 is 1. The Balaban J connectivity index is 0.000000172. The van der Waals surface area contributed by atoms with Crippen molar-refractivity contribution in [2.24, 2.45) is 0 Å². The van der Waals surface area contributed by atoms with Crippen LogP contribution in [0.25, 0.3) is 32.9 Å². The van der Waals surface area contributed by atoms with E-state index in [0.717, 1.165) is 55.7 Å². The van der Waals surface area contributed by atoms with E-state index in [0.29, 0.717) is 21.2 Å². The smallest absolute Gasteiger partial charge is 0.152 e. The highest BCUT2D eigenvalue weighted by atomic mass is 79.9. The molecule has 0 amide bonds. The molecule has 0 bridgehead atoms. The molecule has 5 rings (SSSR count). The first-order chi connectivity index (χ1) is 15.9. The second kappa shape index (κ2) is 9.83. The van der Waals surface area contributed by atoms with Crippen LogP contribution in [0, 0.1) is 0 Å². The zero-order valence-corrected chi connectivity index (χ0v) is 20.4. The maximum atomic E-state index is 11.0. The number of halogens is 3. The van der Waals surface area contributed by atoms with Gasteiger partial charge in [0.15, 0.2) is 12.6 Å². The summed E-state index contributed by atoms with van der Waals surface area (Å²) in [6, 6.07) is 15.0. The van der Waals surface area contributed by atoms with Crippen molar-refractivity contribution in [3.05, 3.63) is 86.6 Å². The van der Waals surface area contributed by atoms with Gasteiger partial charge in [-0.05, 0) is 57.9 Å². The zero-order valence-electron chi connectivity index (χ0n) is 17.3. The minimum atomic E-state index is 0.626. The van der Waals surface area contributed by atoms with Crippen LogP contribution in [0.4, 0.5) is 0 Å². The lowest BCUT2D eigenvalue weighted by molar-refractivity contribution is 0.111. The van der Waals surface area contributed by atoms with E-state index < -0.39 is 0 Å². The molecular weight excluding hydrogens is 527 g/mol. The van der Waals surface area contributed by atoms with Crippen molar-refractivity contribution < 1.29 is 14.3 Å². The monoisotopic (exact) mass is 542 g/mol. The Morgan fingerprint density at radius 2 is 1.45 bits per heavy atom. The molecule has 5 aromatic rings. The van der Waals surface area contributed by atoms with E-state index in [2.05, 4.69) is 25.9 Å². The molecule has 2 heterocycles. The SMILES string of the molecule is COc1cccc(-c2cc3c(C=O)c[nH]c3cc2Cl)c1.O=Cc1c[nH]c2cc(Cl)c(Br)cc12. The largest absolute Gasteiger partial charge is 0.497 e. The maximum absolute atomic E-state index is 11.0. The van der Waals surface area contributed by atoms with Gasteiger partial charge in [0.2, 0.25) is 0 Å². The van der Waals surface area contributed by atoms with Crippen LogP contribution in [0.3, 0.4) is 0 Å². The van der Waals surface area contributed by atoms with E-state index in [4.69, 9.17) is 27.9 Å². The van der Waals surface area contributed by atoms with Crippen molar-refractivity contribution in [1.29, 1.82) is 0 Å². The molecular formula is C25H17BrCl2N2O3. The summed E-state index contributed by atoms with van der Waals surface area (Å²) in [6.45, 7) is 0. The minimum absolute atomic E-state index is 0.626. The molecule has 0 saturated carbocycles. The number of aromatic amines is 2. The van der Waals surface area contributed by atoms with Crippen LogP contribution < -0.4 is 4.74 Å². The molecule has 0 radical (unpaired) electrons. The van der Waals surface area contributed by atoms with E-state index in [1.807, 2.05) is 42.5 Å². The molecule has 0 aliphatic heterocycles. The number of hydrogen-bond acceptors (Lipinski definition) is 3. The summed E-state index contributed by atoms with van der Waals surface area (Å²) in [4.78, 5) is 27.7. The first-order valence-electron chi connectivity index (χ1n) is 9.76. The average molecular weight is 544 g/mol. The number of rotatable bonds is 4. The van der Waals surface area contributed by atoms with Gasteiger partial charge in [0.05, 0.1) is 17.2 Å². The molecule has 0 fully saturated rings. The summed E-state index contributed by atoms with van der Waals surface area (Å²) in [7, 11) is 1.63. The van der Waals surface area contributed by atoms with Gasteiger partial charge >= 0.3 is 0 Å². The van der Waals surface area contributed by atoms with Crippen LogP contribution in [0.1, 0.15) is 20.7 Å². The lowest BCUT2D eigenvalue weighted by Gasteiger charge is -2.07. The highest BCUT2D eigenvalue weighted by Crippen LogP contribution is 2.34. The fourth-order valence-electron chi connectivity index (χ4n) is 3.51. The van der Waals surface area contributed by atoms with Gasteiger partial charge in [-0.15, -0.1) is 0 Å². The lowest BCUT2D eigenvalue weighted by Crippen LogP contribution is -1.85. The van der Waals surface area contributed by atoms with E-state index in [1.165, 1.54) is 0 Å². The molecule has 0 saturated heterocycles. The molecule has 0 unspecified atom stereocenters. The zero-order chi connectivity index (χ0) is 23.5. The number of aldehydes is 2. The second-order valence-electron chi connectivity index (χ2n) is 7.15. The van der Waals surface area contributed by atoms with Crippen molar-refractivity contribution in [1.82, 2.24) is 9.97 Å². The standard InChI is InChI=1S/C16H12ClNO2.C9H5BrClNO/c1-20-12-4-2-3-10(5-12)13-6-14-11(9-19)8-18-16(14)7-15(13)17;10-7-1-6-5(4-13)3-12-9(6)2-8(7)11/h2-9,18H,1H3;1-4,12H. The summed E-state index contributed by atoms with van der Waals surface area (Å²) in [5.41, 5.74) is 4.82. The molecule has 3 aromatic carbocycles. The number of fused-ring (bicyclic) bond motifs is 2. The highest BCUT2D eigenvalue weighted by Gasteiger charge is 2.10. The highest BCUT2D eigenvalue weighted by molar-refractivity contribution is 9.10. The summed E-state index contributed by atoms with van der Waals surface area (Å²) < 4.78 is 6.02. The van der Waals surface area contributed by atoms with E-state index in [9.17, 15) is 9.59 Å². The Morgan fingerprint density at radius 3 is 2.06 bits per heavy atom. The van der Waals surface area contributed by atoms with Gasteiger partial charge in [-0.3, -0.25) is 9.59 Å².